The molecule has 1 N–H and O–H groups in total. The van der Waals surface area contributed by atoms with Crippen LogP contribution < -0.4 is 5.32 Å². The van der Waals surface area contributed by atoms with Gasteiger partial charge in [-0.2, -0.15) is 9.61 Å². The maximum absolute atomic E-state index is 5.39. The maximum atomic E-state index is 5.39. The van der Waals surface area contributed by atoms with Crippen LogP contribution in [0.5, 0.6) is 0 Å². The molecule has 0 amide bonds. The molecule has 0 aliphatic rings. The number of hydrogen-bond donors (Lipinski definition) is 1. The van der Waals surface area contributed by atoms with Gasteiger partial charge >= 0.3 is 0 Å². The lowest BCUT2D eigenvalue weighted by molar-refractivity contribution is 0.579. The first-order valence-electron chi connectivity index (χ1n) is 6.35. The van der Waals surface area contributed by atoms with Gasteiger partial charge in [-0.05, 0) is 32.9 Å². The van der Waals surface area contributed by atoms with E-state index < -0.39 is 0 Å². The molecule has 3 heterocycles. The van der Waals surface area contributed by atoms with E-state index in [0.717, 1.165) is 40.7 Å². The summed E-state index contributed by atoms with van der Waals surface area (Å²) < 4.78 is 7.22. The van der Waals surface area contributed by atoms with E-state index in [9.17, 15) is 0 Å². The Morgan fingerprint density at radius 2 is 2.21 bits per heavy atom. The molecule has 98 valence electrons. The second kappa shape index (κ2) is 4.42. The van der Waals surface area contributed by atoms with Gasteiger partial charge in [-0.15, -0.1) is 0 Å². The Hall–Kier alpha value is -2.30. The molecule has 3 aromatic heterocycles. The standard InChI is InChI=1S/C14H16N4O/c1-4-15-14-9(2)10(3)16-13-8-11(17-18(13)14)12-6-5-7-19-12/h5-8,15H,4H2,1-3H3. The second-order valence-corrected chi connectivity index (χ2v) is 4.48. The summed E-state index contributed by atoms with van der Waals surface area (Å²) in [5.74, 6) is 1.74. The Bertz CT molecular complexity index is 713. The van der Waals surface area contributed by atoms with Crippen LogP contribution in [-0.2, 0) is 0 Å². The summed E-state index contributed by atoms with van der Waals surface area (Å²) in [4.78, 5) is 4.57. The average molecular weight is 256 g/mol. The largest absolute Gasteiger partial charge is 0.463 e. The summed E-state index contributed by atoms with van der Waals surface area (Å²) in [5.41, 5.74) is 3.74. The fourth-order valence-corrected chi connectivity index (χ4v) is 2.12. The van der Waals surface area contributed by atoms with Crippen molar-refractivity contribution in [3.8, 4) is 11.5 Å². The van der Waals surface area contributed by atoms with E-state index in [-0.39, 0.29) is 0 Å². The van der Waals surface area contributed by atoms with Gasteiger partial charge in [-0.1, -0.05) is 0 Å². The third-order valence-electron chi connectivity index (χ3n) is 3.20. The van der Waals surface area contributed by atoms with Gasteiger partial charge in [0.05, 0.1) is 6.26 Å². The molecule has 0 aliphatic heterocycles. The van der Waals surface area contributed by atoms with Gasteiger partial charge in [-0.25, -0.2) is 4.98 Å². The molecule has 0 saturated carbocycles. The first-order valence-corrected chi connectivity index (χ1v) is 6.35. The maximum Gasteiger partial charge on any atom is 0.158 e. The first kappa shape index (κ1) is 11.8. The number of rotatable bonds is 3. The van der Waals surface area contributed by atoms with Crippen molar-refractivity contribution in [1.29, 1.82) is 0 Å². The van der Waals surface area contributed by atoms with Crippen molar-refractivity contribution in [2.24, 2.45) is 0 Å². The average Bonchev–Trinajstić information content (AvgIpc) is 3.02. The van der Waals surface area contributed by atoms with Crippen molar-refractivity contribution < 1.29 is 4.42 Å². The fourth-order valence-electron chi connectivity index (χ4n) is 2.12. The minimum Gasteiger partial charge on any atom is -0.463 e. The highest BCUT2D eigenvalue weighted by Gasteiger charge is 2.13. The number of nitrogens with zero attached hydrogens (tertiary/aromatic N) is 3. The van der Waals surface area contributed by atoms with Gasteiger partial charge in [0.2, 0.25) is 0 Å². The van der Waals surface area contributed by atoms with Gasteiger partial charge in [0, 0.05) is 23.9 Å². The van der Waals surface area contributed by atoms with Gasteiger partial charge in [-0.3, -0.25) is 0 Å². The third-order valence-corrected chi connectivity index (χ3v) is 3.20. The molecular formula is C14H16N4O. The van der Waals surface area contributed by atoms with Crippen molar-refractivity contribution in [1.82, 2.24) is 14.6 Å². The van der Waals surface area contributed by atoms with Crippen LogP contribution in [0.3, 0.4) is 0 Å². The van der Waals surface area contributed by atoms with E-state index >= 15 is 0 Å². The highest BCUT2D eigenvalue weighted by molar-refractivity contribution is 5.63. The topological polar surface area (TPSA) is 55.4 Å². The van der Waals surface area contributed by atoms with Crippen LogP contribution in [0.25, 0.3) is 17.1 Å². The summed E-state index contributed by atoms with van der Waals surface area (Å²) in [6.45, 7) is 6.97. The van der Waals surface area contributed by atoms with Crippen LogP contribution in [0.2, 0.25) is 0 Å². The normalized spacial score (nSPS) is 11.1. The molecule has 3 rings (SSSR count). The summed E-state index contributed by atoms with van der Waals surface area (Å²) in [7, 11) is 0. The van der Waals surface area contributed by atoms with Gasteiger partial charge in [0.1, 0.15) is 11.5 Å². The van der Waals surface area contributed by atoms with Crippen LogP contribution in [0.15, 0.2) is 28.9 Å². The number of nitrogens with one attached hydrogen (secondary N) is 1. The van der Waals surface area contributed by atoms with Crippen molar-refractivity contribution in [3.63, 3.8) is 0 Å². The quantitative estimate of drug-likeness (QED) is 0.782. The molecule has 0 aromatic carbocycles. The molecule has 0 spiro atoms. The van der Waals surface area contributed by atoms with Gasteiger partial charge < -0.3 is 9.73 Å². The van der Waals surface area contributed by atoms with Gasteiger partial charge in [0.15, 0.2) is 11.4 Å². The predicted octanol–water partition coefficient (Wildman–Crippen LogP) is 3.04. The van der Waals surface area contributed by atoms with Crippen molar-refractivity contribution in [3.05, 3.63) is 35.7 Å². The van der Waals surface area contributed by atoms with Crippen molar-refractivity contribution in [2.45, 2.75) is 20.8 Å². The lowest BCUT2D eigenvalue weighted by Crippen LogP contribution is -2.08. The van der Waals surface area contributed by atoms with Crippen LogP contribution in [0.4, 0.5) is 5.82 Å². The summed E-state index contributed by atoms with van der Waals surface area (Å²) in [6, 6.07) is 5.69. The van der Waals surface area contributed by atoms with E-state index in [4.69, 9.17) is 4.42 Å². The minimum absolute atomic E-state index is 0.753. The SMILES string of the molecule is CCNc1c(C)c(C)nc2cc(-c3ccco3)nn12. The van der Waals surface area contributed by atoms with Crippen LogP contribution in [-0.4, -0.2) is 21.1 Å². The van der Waals surface area contributed by atoms with Crippen LogP contribution in [0.1, 0.15) is 18.2 Å². The summed E-state index contributed by atoms with van der Waals surface area (Å²) in [5, 5.41) is 7.92. The Morgan fingerprint density at radius 1 is 1.37 bits per heavy atom. The zero-order valence-corrected chi connectivity index (χ0v) is 11.3. The number of hydrogen-bond acceptors (Lipinski definition) is 4. The summed E-state index contributed by atoms with van der Waals surface area (Å²) >= 11 is 0. The van der Waals surface area contributed by atoms with Crippen molar-refractivity contribution in [2.75, 3.05) is 11.9 Å². The molecule has 5 heteroatoms. The van der Waals surface area contributed by atoms with E-state index in [1.54, 1.807) is 6.26 Å². The summed E-state index contributed by atoms with van der Waals surface area (Å²) in [6.07, 6.45) is 1.65. The molecule has 0 unspecified atom stereocenters. The number of anilines is 1. The number of furan rings is 1. The highest BCUT2D eigenvalue weighted by atomic mass is 16.3. The number of aromatic nitrogens is 3. The second-order valence-electron chi connectivity index (χ2n) is 4.48. The third kappa shape index (κ3) is 1.87. The monoisotopic (exact) mass is 256 g/mol. The molecule has 5 nitrogen and oxygen atoms in total. The smallest absolute Gasteiger partial charge is 0.158 e. The zero-order chi connectivity index (χ0) is 13.4. The molecule has 0 saturated heterocycles. The Labute approximate surface area is 111 Å². The first-order chi connectivity index (χ1) is 9.20. The Balaban J connectivity index is 2.24. The highest BCUT2D eigenvalue weighted by Crippen LogP contribution is 2.24. The van der Waals surface area contributed by atoms with E-state index in [1.165, 1.54) is 0 Å². The molecule has 0 atom stereocenters. The molecule has 0 bridgehead atoms. The van der Waals surface area contributed by atoms with E-state index in [0.29, 0.717) is 0 Å². The van der Waals surface area contributed by atoms with Gasteiger partial charge in [0.25, 0.3) is 0 Å². The molecular weight excluding hydrogens is 240 g/mol. The Morgan fingerprint density at radius 3 is 2.89 bits per heavy atom. The minimum atomic E-state index is 0.753. The van der Waals surface area contributed by atoms with Crippen molar-refractivity contribution >= 4 is 11.5 Å². The molecule has 0 radical (unpaired) electrons. The number of aryl methyl sites for hydroxylation is 1. The Kier molecular flexibility index (Phi) is 2.74. The molecule has 0 aliphatic carbocycles. The van der Waals surface area contributed by atoms with E-state index in [1.807, 2.05) is 36.6 Å². The molecule has 3 aromatic rings. The van der Waals surface area contributed by atoms with Crippen LogP contribution in [0, 0.1) is 13.8 Å². The lowest BCUT2D eigenvalue weighted by Gasteiger charge is -2.11. The fraction of sp³-hybridized carbons (Fsp3) is 0.286. The lowest BCUT2D eigenvalue weighted by atomic mass is 10.2. The van der Waals surface area contributed by atoms with Crippen LogP contribution >= 0.6 is 0 Å². The molecule has 0 fully saturated rings. The predicted molar refractivity (Wildman–Crippen MR) is 74.3 cm³/mol. The zero-order valence-electron chi connectivity index (χ0n) is 11.3. The van der Waals surface area contributed by atoms with E-state index in [2.05, 4.69) is 22.3 Å². The molecule has 19 heavy (non-hydrogen) atoms. The number of fused-ring (bicyclic) bond motifs is 1.